The molecule has 1 fully saturated rings. The molecule has 27 heavy (non-hydrogen) atoms. The molecule has 0 aromatic heterocycles. The Balaban J connectivity index is 1.87. The minimum Gasteiger partial charge on any atom is -0.406 e. The molecular weight excluding hydrogens is 369 g/mol. The molecule has 1 heterocycles. The van der Waals surface area contributed by atoms with E-state index in [9.17, 15) is 27.6 Å². The maximum Gasteiger partial charge on any atom is 0.573 e. The SMILES string of the molecule is C[C@H](C(=O)N1CCNC1=O)N(C)CC(=O)Nc1ccc(OC(F)(F)F)cc1. The average molecular weight is 388 g/mol. The highest BCUT2D eigenvalue weighted by atomic mass is 19.4. The van der Waals surface area contributed by atoms with Gasteiger partial charge in [-0.3, -0.25) is 19.4 Å². The zero-order chi connectivity index (χ0) is 20.2. The van der Waals surface area contributed by atoms with Crippen LogP contribution in [0.25, 0.3) is 0 Å². The van der Waals surface area contributed by atoms with Gasteiger partial charge in [-0.2, -0.15) is 0 Å². The van der Waals surface area contributed by atoms with E-state index in [2.05, 4.69) is 15.4 Å². The predicted molar refractivity (Wildman–Crippen MR) is 89.0 cm³/mol. The number of halogens is 3. The van der Waals surface area contributed by atoms with Crippen LogP contribution in [0.5, 0.6) is 5.75 Å². The number of benzene rings is 1. The molecule has 148 valence electrons. The maximum atomic E-state index is 12.3. The van der Waals surface area contributed by atoms with Crippen LogP contribution in [-0.2, 0) is 9.59 Å². The number of ether oxygens (including phenoxy) is 1. The normalized spacial score (nSPS) is 15.5. The Kier molecular flexibility index (Phi) is 6.26. The lowest BCUT2D eigenvalue weighted by atomic mass is 10.2. The fraction of sp³-hybridized carbons (Fsp3) is 0.438. The number of carbonyl (C=O) groups is 3. The van der Waals surface area contributed by atoms with Crippen molar-refractivity contribution in [3.63, 3.8) is 0 Å². The van der Waals surface area contributed by atoms with Gasteiger partial charge in [0, 0.05) is 18.8 Å². The molecule has 1 aromatic carbocycles. The number of amides is 4. The lowest BCUT2D eigenvalue weighted by Crippen LogP contribution is -2.48. The summed E-state index contributed by atoms with van der Waals surface area (Å²) in [5, 5.41) is 5.04. The van der Waals surface area contributed by atoms with Gasteiger partial charge in [0.15, 0.2) is 0 Å². The molecule has 0 unspecified atom stereocenters. The summed E-state index contributed by atoms with van der Waals surface area (Å²) in [5.41, 5.74) is 0.279. The lowest BCUT2D eigenvalue weighted by molar-refractivity contribution is -0.274. The summed E-state index contributed by atoms with van der Waals surface area (Å²) in [4.78, 5) is 38.4. The molecule has 1 atom stereocenters. The van der Waals surface area contributed by atoms with E-state index in [0.717, 1.165) is 17.0 Å². The molecule has 4 amide bonds. The first-order valence-corrected chi connectivity index (χ1v) is 8.02. The van der Waals surface area contributed by atoms with Crippen molar-refractivity contribution in [2.45, 2.75) is 19.3 Å². The summed E-state index contributed by atoms with van der Waals surface area (Å²) in [5.74, 6) is -1.29. The standard InChI is InChI=1S/C16H19F3N4O4/c1-10(14(25)23-8-7-20-15(23)26)22(2)9-13(24)21-11-3-5-12(6-4-11)27-16(17,18)19/h3-6,10H,7-9H2,1-2H3,(H,20,26)(H,21,24)/t10-/m1/s1. The van der Waals surface area contributed by atoms with E-state index in [1.54, 1.807) is 14.0 Å². The number of nitrogens with zero attached hydrogens (tertiary/aromatic N) is 2. The first-order valence-electron chi connectivity index (χ1n) is 8.02. The second-order valence-electron chi connectivity index (χ2n) is 5.93. The number of urea groups is 1. The lowest BCUT2D eigenvalue weighted by Gasteiger charge is -2.26. The molecule has 0 aliphatic carbocycles. The van der Waals surface area contributed by atoms with Crippen LogP contribution < -0.4 is 15.4 Å². The molecule has 1 aromatic rings. The Morgan fingerprint density at radius 1 is 1.33 bits per heavy atom. The first-order chi connectivity index (χ1) is 12.6. The molecule has 2 N–H and O–H groups in total. The highest BCUT2D eigenvalue weighted by Gasteiger charge is 2.32. The van der Waals surface area contributed by atoms with Gasteiger partial charge in [-0.25, -0.2) is 4.79 Å². The van der Waals surface area contributed by atoms with Crippen molar-refractivity contribution in [2.75, 3.05) is 32.0 Å². The molecular formula is C16H19F3N4O4. The Labute approximate surface area is 153 Å². The van der Waals surface area contributed by atoms with Gasteiger partial charge in [0.1, 0.15) is 5.75 Å². The summed E-state index contributed by atoms with van der Waals surface area (Å²) in [6.45, 7) is 2.08. The van der Waals surface area contributed by atoms with Crippen molar-refractivity contribution in [1.29, 1.82) is 0 Å². The minimum absolute atomic E-state index is 0.150. The molecule has 1 aliphatic rings. The van der Waals surface area contributed by atoms with E-state index in [1.165, 1.54) is 17.0 Å². The number of carbonyl (C=O) groups excluding carboxylic acids is 3. The van der Waals surface area contributed by atoms with Gasteiger partial charge in [0.05, 0.1) is 12.6 Å². The molecule has 0 bridgehead atoms. The predicted octanol–water partition coefficient (Wildman–Crippen LogP) is 1.40. The second kappa shape index (κ2) is 8.25. The van der Waals surface area contributed by atoms with Crippen molar-refractivity contribution in [2.24, 2.45) is 0 Å². The van der Waals surface area contributed by atoms with Gasteiger partial charge in [-0.05, 0) is 38.2 Å². The van der Waals surface area contributed by atoms with E-state index >= 15 is 0 Å². The Morgan fingerprint density at radius 3 is 2.48 bits per heavy atom. The van der Waals surface area contributed by atoms with E-state index < -0.39 is 36.0 Å². The molecule has 2 rings (SSSR count). The average Bonchev–Trinajstić information content (AvgIpc) is 2.99. The number of alkyl halides is 3. The molecule has 1 saturated heterocycles. The number of nitrogens with one attached hydrogen (secondary N) is 2. The third kappa shape index (κ3) is 5.84. The van der Waals surface area contributed by atoms with Crippen LogP contribution in [0.4, 0.5) is 23.7 Å². The van der Waals surface area contributed by atoms with Crippen LogP contribution in [0.3, 0.4) is 0 Å². The molecule has 1 aliphatic heterocycles. The fourth-order valence-electron chi connectivity index (χ4n) is 2.40. The Hall–Kier alpha value is -2.82. The minimum atomic E-state index is -4.79. The number of imide groups is 1. The van der Waals surface area contributed by atoms with Gasteiger partial charge in [-0.1, -0.05) is 0 Å². The number of anilines is 1. The number of rotatable bonds is 6. The smallest absolute Gasteiger partial charge is 0.406 e. The Bertz CT molecular complexity index is 709. The van der Waals surface area contributed by atoms with Crippen molar-refractivity contribution < 1.29 is 32.3 Å². The molecule has 0 saturated carbocycles. The van der Waals surface area contributed by atoms with Crippen LogP contribution in [0.2, 0.25) is 0 Å². The topological polar surface area (TPSA) is 91.0 Å². The highest BCUT2D eigenvalue weighted by molar-refractivity contribution is 5.98. The summed E-state index contributed by atoms with van der Waals surface area (Å²) >= 11 is 0. The van der Waals surface area contributed by atoms with E-state index in [4.69, 9.17) is 0 Å². The van der Waals surface area contributed by atoms with Gasteiger partial charge < -0.3 is 15.4 Å². The molecule has 8 nitrogen and oxygen atoms in total. The summed E-state index contributed by atoms with van der Waals surface area (Å²) in [6.07, 6.45) is -4.79. The van der Waals surface area contributed by atoms with Gasteiger partial charge in [0.2, 0.25) is 11.8 Å². The van der Waals surface area contributed by atoms with E-state index in [-0.39, 0.29) is 18.8 Å². The Morgan fingerprint density at radius 2 is 1.96 bits per heavy atom. The van der Waals surface area contributed by atoms with E-state index in [0.29, 0.717) is 6.54 Å². The van der Waals surface area contributed by atoms with Crippen molar-refractivity contribution in [1.82, 2.24) is 15.1 Å². The number of likely N-dealkylation sites (N-methyl/N-ethyl adjacent to an activating group) is 1. The summed E-state index contributed by atoms with van der Waals surface area (Å²) in [7, 11) is 1.55. The van der Waals surface area contributed by atoms with Crippen molar-refractivity contribution >= 4 is 23.5 Å². The van der Waals surface area contributed by atoms with Gasteiger partial charge in [0.25, 0.3) is 0 Å². The second-order valence-corrected chi connectivity index (χ2v) is 5.93. The van der Waals surface area contributed by atoms with Crippen LogP contribution in [-0.4, -0.2) is 66.7 Å². The quantitative estimate of drug-likeness (QED) is 0.769. The van der Waals surface area contributed by atoms with E-state index in [1.807, 2.05) is 0 Å². The molecule has 11 heteroatoms. The zero-order valence-electron chi connectivity index (χ0n) is 14.7. The van der Waals surface area contributed by atoms with Crippen LogP contribution >= 0.6 is 0 Å². The number of hydrogen-bond donors (Lipinski definition) is 2. The van der Waals surface area contributed by atoms with Crippen LogP contribution in [0.15, 0.2) is 24.3 Å². The first kappa shape index (κ1) is 20.5. The van der Waals surface area contributed by atoms with Gasteiger partial charge >= 0.3 is 12.4 Å². The third-order valence-electron chi connectivity index (χ3n) is 3.91. The molecule has 0 radical (unpaired) electrons. The summed E-state index contributed by atoms with van der Waals surface area (Å²) in [6, 6.07) is 3.51. The summed E-state index contributed by atoms with van der Waals surface area (Å²) < 4.78 is 40.1. The van der Waals surface area contributed by atoms with Crippen LogP contribution in [0, 0.1) is 0 Å². The van der Waals surface area contributed by atoms with Crippen molar-refractivity contribution in [3.05, 3.63) is 24.3 Å². The van der Waals surface area contributed by atoms with Crippen LogP contribution in [0.1, 0.15) is 6.92 Å². The van der Waals surface area contributed by atoms with Crippen molar-refractivity contribution in [3.8, 4) is 5.75 Å². The molecule has 0 spiro atoms. The fourth-order valence-corrected chi connectivity index (χ4v) is 2.40. The maximum absolute atomic E-state index is 12.3. The largest absolute Gasteiger partial charge is 0.573 e. The number of hydrogen-bond acceptors (Lipinski definition) is 5. The highest BCUT2D eigenvalue weighted by Crippen LogP contribution is 2.23. The zero-order valence-corrected chi connectivity index (χ0v) is 14.7. The monoisotopic (exact) mass is 388 g/mol. The van der Waals surface area contributed by atoms with Gasteiger partial charge in [-0.15, -0.1) is 13.2 Å². The third-order valence-corrected chi connectivity index (χ3v) is 3.91.